The lowest BCUT2D eigenvalue weighted by atomic mass is 10.1. The molecule has 5 nitrogen and oxygen atoms in total. The number of aliphatic hydroxyl groups is 1. The fourth-order valence-corrected chi connectivity index (χ4v) is 2.55. The Hall–Kier alpha value is -2.73. The van der Waals surface area contributed by atoms with Crippen LogP contribution < -0.4 is 4.90 Å². The van der Waals surface area contributed by atoms with E-state index < -0.39 is 28.9 Å². The van der Waals surface area contributed by atoms with Crippen LogP contribution in [0.15, 0.2) is 64.6 Å². The molecule has 23 heavy (non-hydrogen) atoms. The van der Waals surface area contributed by atoms with Crippen molar-refractivity contribution < 1.29 is 19.5 Å². The highest BCUT2D eigenvalue weighted by Crippen LogP contribution is 2.29. The lowest BCUT2D eigenvalue weighted by Gasteiger charge is -2.12. The zero-order valence-corrected chi connectivity index (χ0v) is 13.3. The third-order valence-electron chi connectivity index (χ3n) is 3.41. The molecule has 3 rings (SSSR count). The van der Waals surface area contributed by atoms with Crippen LogP contribution in [-0.2, 0) is 14.4 Å². The molecule has 1 fully saturated rings. The maximum atomic E-state index is 12.5. The van der Waals surface area contributed by atoms with Crippen LogP contribution in [0.4, 0.5) is 5.69 Å². The molecule has 6 heteroatoms. The number of carbonyl (C=O) groups excluding carboxylic acids is 3. The van der Waals surface area contributed by atoms with Crippen molar-refractivity contribution in [3.63, 3.8) is 0 Å². The van der Waals surface area contributed by atoms with Crippen LogP contribution in [0, 0.1) is 0 Å². The summed E-state index contributed by atoms with van der Waals surface area (Å²) < 4.78 is 0.773. The molecule has 2 amide bonds. The second-order valence-electron chi connectivity index (χ2n) is 4.84. The molecule has 0 aromatic heterocycles. The predicted molar refractivity (Wildman–Crippen MR) is 87.6 cm³/mol. The zero-order chi connectivity index (χ0) is 16.6. The second kappa shape index (κ2) is 5.81. The van der Waals surface area contributed by atoms with Gasteiger partial charge in [-0.1, -0.05) is 46.3 Å². The molecule has 0 spiro atoms. The molecule has 0 atom stereocenters. The zero-order valence-electron chi connectivity index (χ0n) is 11.7. The van der Waals surface area contributed by atoms with Crippen molar-refractivity contribution in [3.8, 4) is 0 Å². The number of anilines is 1. The summed E-state index contributed by atoms with van der Waals surface area (Å²) in [6.45, 7) is 0. The maximum absolute atomic E-state index is 12.5. The van der Waals surface area contributed by atoms with Crippen LogP contribution in [-0.4, -0.2) is 22.7 Å². The van der Waals surface area contributed by atoms with E-state index in [4.69, 9.17) is 0 Å². The number of hydrogen-bond acceptors (Lipinski definition) is 4. The van der Waals surface area contributed by atoms with E-state index in [0.29, 0.717) is 5.56 Å². The first-order valence-corrected chi connectivity index (χ1v) is 7.47. The van der Waals surface area contributed by atoms with E-state index in [2.05, 4.69) is 15.9 Å². The number of imide groups is 1. The van der Waals surface area contributed by atoms with Crippen LogP contribution in [0.25, 0.3) is 5.76 Å². The van der Waals surface area contributed by atoms with Crippen molar-refractivity contribution in [2.45, 2.75) is 0 Å². The number of halogens is 1. The first kappa shape index (κ1) is 15.2. The Balaban J connectivity index is 2.09. The number of rotatable bonds is 2. The topological polar surface area (TPSA) is 74.7 Å². The van der Waals surface area contributed by atoms with E-state index in [9.17, 15) is 19.5 Å². The van der Waals surface area contributed by atoms with Gasteiger partial charge in [-0.15, -0.1) is 0 Å². The third-order valence-corrected chi connectivity index (χ3v) is 3.94. The summed E-state index contributed by atoms with van der Waals surface area (Å²) in [5.74, 6) is -3.31. The van der Waals surface area contributed by atoms with Gasteiger partial charge in [0.2, 0.25) is 0 Å². The predicted octanol–water partition coefficient (Wildman–Crippen LogP) is 2.86. The monoisotopic (exact) mass is 371 g/mol. The minimum atomic E-state index is -1.01. The van der Waals surface area contributed by atoms with Crippen molar-refractivity contribution in [3.05, 3.63) is 70.2 Å². The van der Waals surface area contributed by atoms with E-state index in [1.807, 2.05) is 0 Å². The van der Waals surface area contributed by atoms with Crippen molar-refractivity contribution in [2.24, 2.45) is 0 Å². The number of Topliss-reactive ketones (excluding diaryl/α,β-unsaturated/α-hetero) is 1. The smallest absolute Gasteiger partial charge is 0.306 e. The normalized spacial score (nSPS) is 16.9. The molecule has 1 N–H and O–H groups in total. The molecule has 2 aromatic carbocycles. The Morgan fingerprint density at radius 1 is 0.870 bits per heavy atom. The summed E-state index contributed by atoms with van der Waals surface area (Å²) in [5.41, 5.74) is 0.0613. The number of ketones is 1. The van der Waals surface area contributed by atoms with E-state index >= 15 is 0 Å². The summed E-state index contributed by atoms with van der Waals surface area (Å²) in [4.78, 5) is 37.5. The molecule has 2 aromatic rings. The highest BCUT2D eigenvalue weighted by Gasteiger charge is 2.45. The quantitative estimate of drug-likeness (QED) is 0.289. The van der Waals surface area contributed by atoms with Gasteiger partial charge in [0.25, 0.3) is 11.7 Å². The van der Waals surface area contributed by atoms with Crippen LogP contribution in [0.3, 0.4) is 0 Å². The Morgan fingerprint density at radius 2 is 1.48 bits per heavy atom. The molecular weight excluding hydrogens is 362 g/mol. The summed E-state index contributed by atoms with van der Waals surface area (Å²) in [6, 6.07) is 14.5. The molecule has 0 radical (unpaired) electrons. The molecule has 114 valence electrons. The highest BCUT2D eigenvalue weighted by molar-refractivity contribution is 9.10. The second-order valence-corrected chi connectivity index (χ2v) is 5.76. The van der Waals surface area contributed by atoms with Crippen LogP contribution in [0.1, 0.15) is 5.56 Å². The summed E-state index contributed by atoms with van der Waals surface area (Å²) >= 11 is 3.26. The van der Waals surface area contributed by atoms with Crippen LogP contribution >= 0.6 is 15.9 Å². The van der Waals surface area contributed by atoms with Crippen LogP contribution in [0.2, 0.25) is 0 Å². The fraction of sp³-hybridized carbons (Fsp3) is 0. The number of hydrogen-bond donors (Lipinski definition) is 1. The fourth-order valence-electron chi connectivity index (χ4n) is 2.28. The Kier molecular flexibility index (Phi) is 3.83. The van der Waals surface area contributed by atoms with E-state index in [0.717, 1.165) is 9.37 Å². The minimum Gasteiger partial charge on any atom is -0.506 e. The van der Waals surface area contributed by atoms with E-state index in [1.165, 1.54) is 12.1 Å². The third kappa shape index (κ3) is 2.57. The van der Waals surface area contributed by atoms with Crippen molar-refractivity contribution in [1.29, 1.82) is 0 Å². The summed E-state index contributed by atoms with van der Waals surface area (Å²) in [6.07, 6.45) is 0. The number of nitrogens with zero attached hydrogens (tertiary/aromatic N) is 1. The molecular formula is C17H10BrNO4. The van der Waals surface area contributed by atoms with Gasteiger partial charge >= 0.3 is 5.91 Å². The average molecular weight is 372 g/mol. The Morgan fingerprint density at radius 3 is 2.09 bits per heavy atom. The number of carbonyl (C=O) groups is 3. The molecule has 1 aliphatic heterocycles. The average Bonchev–Trinajstić information content (AvgIpc) is 2.78. The van der Waals surface area contributed by atoms with Crippen molar-refractivity contribution >= 4 is 45.0 Å². The van der Waals surface area contributed by atoms with Gasteiger partial charge in [-0.25, -0.2) is 4.90 Å². The van der Waals surface area contributed by atoms with E-state index in [-0.39, 0.29) is 5.69 Å². The maximum Gasteiger partial charge on any atom is 0.306 e. The van der Waals surface area contributed by atoms with Gasteiger partial charge in [0.15, 0.2) is 0 Å². The van der Waals surface area contributed by atoms with Crippen molar-refractivity contribution in [1.82, 2.24) is 0 Å². The molecule has 0 aliphatic carbocycles. The lowest BCUT2D eigenvalue weighted by molar-refractivity contribution is -0.132. The van der Waals surface area contributed by atoms with Gasteiger partial charge in [-0.2, -0.15) is 0 Å². The SMILES string of the molecule is O=C1C(=O)N(c2ccc(Br)cc2)C(=O)/C1=C(/O)c1ccccc1. The standard InChI is InChI=1S/C17H10BrNO4/c18-11-6-8-12(9-7-11)19-16(22)13(15(21)17(19)23)14(20)10-4-2-1-3-5-10/h1-9,20H/b14-13+. The van der Waals surface area contributed by atoms with Crippen molar-refractivity contribution in [2.75, 3.05) is 4.90 Å². The van der Waals surface area contributed by atoms with Gasteiger partial charge in [0, 0.05) is 10.0 Å². The molecule has 1 aliphatic rings. The Labute approximate surface area is 140 Å². The van der Waals surface area contributed by atoms with Gasteiger partial charge < -0.3 is 5.11 Å². The molecule has 0 unspecified atom stereocenters. The summed E-state index contributed by atoms with van der Waals surface area (Å²) in [7, 11) is 0. The first-order valence-electron chi connectivity index (χ1n) is 6.68. The van der Waals surface area contributed by atoms with Gasteiger partial charge in [-0.3, -0.25) is 14.4 Å². The first-order chi connectivity index (χ1) is 11.0. The molecule has 1 saturated heterocycles. The summed E-state index contributed by atoms with van der Waals surface area (Å²) in [5, 5.41) is 10.2. The van der Waals surface area contributed by atoms with Gasteiger partial charge in [0.05, 0.1) is 5.69 Å². The van der Waals surface area contributed by atoms with Gasteiger partial charge in [0.1, 0.15) is 11.3 Å². The van der Waals surface area contributed by atoms with E-state index in [1.54, 1.807) is 42.5 Å². The lowest BCUT2D eigenvalue weighted by Crippen LogP contribution is -2.30. The Bertz CT molecular complexity index is 841. The molecule has 0 bridgehead atoms. The highest BCUT2D eigenvalue weighted by atomic mass is 79.9. The minimum absolute atomic E-state index is 0.271. The van der Waals surface area contributed by atoms with Crippen LogP contribution in [0.5, 0.6) is 0 Å². The molecule has 0 saturated carbocycles. The largest absolute Gasteiger partial charge is 0.506 e. The number of amides is 2. The van der Waals surface area contributed by atoms with Gasteiger partial charge in [-0.05, 0) is 24.3 Å². The number of aliphatic hydroxyl groups excluding tert-OH is 1. The number of benzene rings is 2. The molecule has 1 heterocycles.